The molecular formula is C22H33N5O5. The number of hydrogen-bond donors (Lipinski definition) is 2. The number of piperidine rings is 1. The molecule has 10 nitrogen and oxygen atoms in total. The number of nitrogens with zero attached hydrogens (tertiary/aromatic N) is 5. The van der Waals surface area contributed by atoms with Gasteiger partial charge >= 0.3 is 6.09 Å². The first-order valence-electron chi connectivity index (χ1n) is 10.9. The fraction of sp³-hybridized carbons (Fsp3) is 0.636. The number of methoxy groups -OCH3 is 1. The van der Waals surface area contributed by atoms with Crippen LogP contribution in [0.15, 0.2) is 23.1 Å². The van der Waals surface area contributed by atoms with Crippen LogP contribution in [-0.4, -0.2) is 85.1 Å². The van der Waals surface area contributed by atoms with Gasteiger partial charge in [0.25, 0.3) is 5.56 Å². The Kier molecular flexibility index (Phi) is 7.35. The first-order chi connectivity index (χ1) is 15.1. The number of likely N-dealkylation sites (tertiary alicyclic amines) is 1. The Labute approximate surface area is 187 Å². The molecule has 0 spiro atoms. The van der Waals surface area contributed by atoms with E-state index in [4.69, 9.17) is 4.74 Å². The second-order valence-corrected chi connectivity index (χ2v) is 9.24. The minimum atomic E-state index is -0.892. The summed E-state index contributed by atoms with van der Waals surface area (Å²) in [5, 5.41) is 20.2. The van der Waals surface area contributed by atoms with Gasteiger partial charge in [-0.25, -0.2) is 9.78 Å². The van der Waals surface area contributed by atoms with Gasteiger partial charge in [0, 0.05) is 43.8 Å². The van der Waals surface area contributed by atoms with Crippen molar-refractivity contribution in [2.75, 3.05) is 26.7 Å². The molecule has 32 heavy (non-hydrogen) atoms. The molecule has 2 aromatic heterocycles. The number of aromatic nitrogens is 3. The van der Waals surface area contributed by atoms with Crippen molar-refractivity contribution < 1.29 is 19.7 Å². The summed E-state index contributed by atoms with van der Waals surface area (Å²) < 4.78 is 6.63. The second kappa shape index (κ2) is 9.83. The molecule has 0 radical (unpaired) electrons. The molecule has 1 aliphatic heterocycles. The number of hydrogen-bond acceptors (Lipinski definition) is 7. The van der Waals surface area contributed by atoms with Crippen molar-refractivity contribution >= 4 is 17.3 Å². The average molecular weight is 448 g/mol. The van der Waals surface area contributed by atoms with Crippen LogP contribution in [0.3, 0.4) is 0 Å². The summed E-state index contributed by atoms with van der Waals surface area (Å²) in [6, 6.07) is 3.05. The predicted octanol–water partition coefficient (Wildman–Crippen LogP) is 1.79. The SMILES string of the molecule is COc1cnc2ccc(=O)n(CC[C@@H](O)CN3CCC(N(C(=O)O)C(C)(C)C)CC3)c2n1. The molecule has 1 fully saturated rings. The largest absolute Gasteiger partial charge is 0.480 e. The topological polar surface area (TPSA) is 121 Å². The molecule has 0 saturated carbocycles. The molecule has 1 aliphatic rings. The Hall–Kier alpha value is -2.72. The lowest BCUT2D eigenvalue weighted by Gasteiger charge is -2.43. The normalized spacial score (nSPS) is 16.8. The smallest absolute Gasteiger partial charge is 0.407 e. The summed E-state index contributed by atoms with van der Waals surface area (Å²) in [5.74, 6) is 0.325. The quantitative estimate of drug-likeness (QED) is 0.659. The van der Waals surface area contributed by atoms with Crippen molar-refractivity contribution in [3.05, 3.63) is 28.7 Å². The third-order valence-corrected chi connectivity index (χ3v) is 5.88. The van der Waals surface area contributed by atoms with Crippen molar-refractivity contribution in [1.82, 2.24) is 24.3 Å². The number of carbonyl (C=O) groups is 1. The van der Waals surface area contributed by atoms with Gasteiger partial charge in [0.05, 0.1) is 19.4 Å². The molecule has 2 aromatic rings. The van der Waals surface area contributed by atoms with Crippen molar-refractivity contribution in [2.45, 2.75) is 64.3 Å². The van der Waals surface area contributed by atoms with Gasteiger partial charge in [0.15, 0.2) is 5.65 Å². The highest BCUT2D eigenvalue weighted by molar-refractivity contribution is 5.70. The van der Waals surface area contributed by atoms with E-state index in [1.54, 1.807) is 11.0 Å². The third-order valence-electron chi connectivity index (χ3n) is 5.88. The van der Waals surface area contributed by atoms with Crippen molar-refractivity contribution in [1.29, 1.82) is 0 Å². The number of aliphatic hydroxyl groups excluding tert-OH is 1. The van der Waals surface area contributed by atoms with Gasteiger partial charge in [-0.3, -0.25) is 9.36 Å². The van der Waals surface area contributed by atoms with Crippen LogP contribution in [-0.2, 0) is 6.54 Å². The van der Waals surface area contributed by atoms with E-state index < -0.39 is 17.7 Å². The number of pyridine rings is 1. The number of β-amino-alcohol motifs (C(OH)–C–C–N with tert-alkyl or cyclic N) is 1. The van der Waals surface area contributed by atoms with Crippen LogP contribution in [0.5, 0.6) is 5.88 Å². The summed E-state index contributed by atoms with van der Waals surface area (Å²) in [7, 11) is 1.49. The van der Waals surface area contributed by atoms with E-state index in [-0.39, 0.29) is 11.6 Å². The number of aryl methyl sites for hydroxylation is 1. The molecule has 3 rings (SSSR count). The van der Waals surface area contributed by atoms with Gasteiger partial charge in [-0.15, -0.1) is 0 Å². The van der Waals surface area contributed by atoms with Crippen LogP contribution in [0.4, 0.5) is 4.79 Å². The zero-order valence-electron chi connectivity index (χ0n) is 19.2. The molecule has 2 N–H and O–H groups in total. The van der Waals surface area contributed by atoms with E-state index >= 15 is 0 Å². The van der Waals surface area contributed by atoms with Crippen molar-refractivity contribution in [3.63, 3.8) is 0 Å². The van der Waals surface area contributed by atoms with Crippen LogP contribution in [0, 0.1) is 0 Å². The first-order valence-corrected chi connectivity index (χ1v) is 10.9. The van der Waals surface area contributed by atoms with E-state index in [0.29, 0.717) is 36.6 Å². The highest BCUT2D eigenvalue weighted by Crippen LogP contribution is 2.25. The molecule has 1 saturated heterocycles. The lowest BCUT2D eigenvalue weighted by atomic mass is 9.96. The molecule has 3 heterocycles. The zero-order chi connectivity index (χ0) is 23.5. The average Bonchev–Trinajstić information content (AvgIpc) is 2.72. The van der Waals surface area contributed by atoms with E-state index in [1.807, 2.05) is 20.8 Å². The minimum absolute atomic E-state index is 0.0243. The summed E-state index contributed by atoms with van der Waals surface area (Å²) in [5.41, 5.74) is 0.365. The van der Waals surface area contributed by atoms with Crippen LogP contribution < -0.4 is 10.3 Å². The highest BCUT2D eigenvalue weighted by Gasteiger charge is 2.35. The second-order valence-electron chi connectivity index (χ2n) is 9.24. The monoisotopic (exact) mass is 447 g/mol. The number of carboxylic acid groups (broad SMARTS) is 1. The first kappa shape index (κ1) is 23.9. The lowest BCUT2D eigenvalue weighted by molar-refractivity contribution is 0.0292. The molecule has 176 valence electrons. The number of aliphatic hydroxyl groups is 1. The molecule has 0 aliphatic carbocycles. The Balaban J connectivity index is 1.58. The molecule has 1 atom stereocenters. The fourth-order valence-corrected chi connectivity index (χ4v) is 4.37. The van der Waals surface area contributed by atoms with Crippen LogP contribution >= 0.6 is 0 Å². The zero-order valence-corrected chi connectivity index (χ0v) is 19.2. The van der Waals surface area contributed by atoms with Crippen LogP contribution in [0.25, 0.3) is 11.2 Å². The van der Waals surface area contributed by atoms with Gasteiger partial charge in [0.1, 0.15) is 5.52 Å². The number of rotatable bonds is 7. The number of amides is 1. The maximum atomic E-state index is 12.4. The third kappa shape index (κ3) is 5.55. The molecule has 0 unspecified atom stereocenters. The van der Waals surface area contributed by atoms with E-state index in [0.717, 1.165) is 25.9 Å². The van der Waals surface area contributed by atoms with E-state index in [2.05, 4.69) is 14.9 Å². The van der Waals surface area contributed by atoms with Gasteiger partial charge in [-0.2, -0.15) is 4.98 Å². The Morgan fingerprint density at radius 2 is 2.00 bits per heavy atom. The number of fused-ring (bicyclic) bond motifs is 1. The van der Waals surface area contributed by atoms with Crippen molar-refractivity contribution in [2.24, 2.45) is 0 Å². The molecule has 10 heteroatoms. The Morgan fingerprint density at radius 3 is 2.59 bits per heavy atom. The van der Waals surface area contributed by atoms with Crippen LogP contribution in [0.2, 0.25) is 0 Å². The Morgan fingerprint density at radius 1 is 1.31 bits per heavy atom. The highest BCUT2D eigenvalue weighted by atomic mass is 16.5. The summed E-state index contributed by atoms with van der Waals surface area (Å²) in [6.07, 6.45) is 1.84. The fourth-order valence-electron chi connectivity index (χ4n) is 4.37. The number of ether oxygens (including phenoxy) is 1. The van der Waals surface area contributed by atoms with E-state index in [9.17, 15) is 19.8 Å². The summed E-state index contributed by atoms with van der Waals surface area (Å²) >= 11 is 0. The maximum Gasteiger partial charge on any atom is 0.407 e. The molecule has 1 amide bonds. The summed E-state index contributed by atoms with van der Waals surface area (Å²) in [4.78, 5) is 36.4. The van der Waals surface area contributed by atoms with Crippen molar-refractivity contribution in [3.8, 4) is 5.88 Å². The summed E-state index contributed by atoms with van der Waals surface area (Å²) in [6.45, 7) is 7.96. The predicted molar refractivity (Wildman–Crippen MR) is 120 cm³/mol. The minimum Gasteiger partial charge on any atom is -0.480 e. The standard InChI is InChI=1S/C22H33N5O5/c1-22(2,3)27(21(30)31)15-7-10-25(11-8-15)14-16(28)9-12-26-19(29)6-5-17-20(26)24-18(32-4)13-23-17/h5-6,13,15-16,28H,7-12,14H2,1-4H3,(H,30,31)/t16-/m1/s1. The molecule has 0 bridgehead atoms. The molecular weight excluding hydrogens is 414 g/mol. The lowest BCUT2D eigenvalue weighted by Crippen LogP contribution is -2.55. The molecule has 0 aromatic carbocycles. The van der Waals surface area contributed by atoms with Gasteiger partial charge in [0.2, 0.25) is 5.88 Å². The maximum absolute atomic E-state index is 12.4. The van der Waals surface area contributed by atoms with Gasteiger partial charge < -0.3 is 24.7 Å². The van der Waals surface area contributed by atoms with E-state index in [1.165, 1.54) is 23.9 Å². The van der Waals surface area contributed by atoms with Crippen LogP contribution in [0.1, 0.15) is 40.0 Å². The Bertz CT molecular complexity index is 994. The van der Waals surface area contributed by atoms with Gasteiger partial charge in [-0.1, -0.05) is 0 Å². The van der Waals surface area contributed by atoms with Gasteiger partial charge in [-0.05, 0) is 46.1 Å².